The van der Waals surface area contributed by atoms with Crippen molar-refractivity contribution in [2.24, 2.45) is 5.92 Å². The number of hydrogen-bond donors (Lipinski definition) is 3. The van der Waals surface area contributed by atoms with E-state index in [4.69, 9.17) is 29.5 Å². The van der Waals surface area contributed by atoms with Crippen molar-refractivity contribution in [1.82, 2.24) is 0 Å². The van der Waals surface area contributed by atoms with Crippen LogP contribution in [-0.2, 0) is 14.2 Å². The molecule has 3 N–H and O–H groups in total. The Balaban J connectivity index is 3.66. The first-order valence-electron chi connectivity index (χ1n) is 6.91. The molecule has 0 spiro atoms. The van der Waals surface area contributed by atoms with Crippen molar-refractivity contribution in [2.45, 2.75) is 19.3 Å². The molecule has 0 atom stereocenters. The summed E-state index contributed by atoms with van der Waals surface area (Å²) < 4.78 is 16.3. The van der Waals surface area contributed by atoms with Gasteiger partial charge in [0.25, 0.3) is 0 Å². The molecule has 0 aliphatic carbocycles. The monoisotopic (exact) mass is 280 g/mol. The van der Waals surface area contributed by atoms with Crippen LogP contribution in [-0.4, -0.2) is 74.8 Å². The molecule has 0 aliphatic heterocycles. The third-order valence-corrected chi connectivity index (χ3v) is 2.40. The molecular weight excluding hydrogens is 252 g/mol. The molecule has 0 bridgehead atoms. The summed E-state index contributed by atoms with van der Waals surface area (Å²) in [6.07, 6.45) is 1.89. The summed E-state index contributed by atoms with van der Waals surface area (Å²) in [4.78, 5) is 0. The molecule has 0 saturated heterocycles. The summed E-state index contributed by atoms with van der Waals surface area (Å²) in [5, 5.41) is 26.0. The van der Waals surface area contributed by atoms with E-state index in [1.807, 2.05) is 0 Å². The number of hydrogen-bond acceptors (Lipinski definition) is 6. The Kier molecular flexibility index (Phi) is 15.6. The van der Waals surface area contributed by atoms with Gasteiger partial charge in [-0.05, 0) is 19.3 Å². The minimum atomic E-state index is 0.130. The van der Waals surface area contributed by atoms with Crippen LogP contribution in [0, 0.1) is 5.92 Å². The third-order valence-electron chi connectivity index (χ3n) is 2.40. The van der Waals surface area contributed by atoms with Crippen LogP contribution in [0.5, 0.6) is 0 Å². The predicted molar refractivity (Wildman–Crippen MR) is 71.1 cm³/mol. The smallest absolute Gasteiger partial charge is 0.0538 e. The van der Waals surface area contributed by atoms with Crippen LogP contribution in [0.3, 0.4) is 0 Å². The quantitative estimate of drug-likeness (QED) is 0.360. The molecule has 6 nitrogen and oxygen atoms in total. The molecule has 0 saturated carbocycles. The fourth-order valence-corrected chi connectivity index (χ4v) is 1.39. The Morgan fingerprint density at radius 3 is 1.16 bits per heavy atom. The molecule has 116 valence electrons. The molecule has 0 aromatic carbocycles. The first kappa shape index (κ1) is 18.8. The molecule has 0 aromatic heterocycles. The molecular formula is C13H28O6. The van der Waals surface area contributed by atoms with E-state index in [9.17, 15) is 0 Å². The Bertz CT molecular complexity index is 139. The van der Waals surface area contributed by atoms with Crippen molar-refractivity contribution in [3.05, 3.63) is 0 Å². The topological polar surface area (TPSA) is 88.4 Å². The largest absolute Gasteiger partial charge is 0.396 e. The summed E-state index contributed by atoms with van der Waals surface area (Å²) in [6, 6.07) is 0. The normalized spacial score (nSPS) is 11.4. The zero-order valence-corrected chi connectivity index (χ0v) is 11.6. The Morgan fingerprint density at radius 1 is 0.579 bits per heavy atom. The fraction of sp³-hybridized carbons (Fsp3) is 1.00. The Hall–Kier alpha value is -0.240. The maximum Gasteiger partial charge on any atom is 0.0538 e. The van der Waals surface area contributed by atoms with E-state index in [0.29, 0.717) is 58.9 Å². The highest BCUT2D eigenvalue weighted by Gasteiger charge is 2.10. The van der Waals surface area contributed by atoms with Gasteiger partial charge in [-0.15, -0.1) is 0 Å². The lowest BCUT2D eigenvalue weighted by molar-refractivity contribution is -0.0115. The van der Waals surface area contributed by atoms with Crippen molar-refractivity contribution in [3.63, 3.8) is 0 Å². The van der Waals surface area contributed by atoms with Gasteiger partial charge in [0.15, 0.2) is 0 Å². The fourth-order valence-electron chi connectivity index (χ4n) is 1.39. The van der Waals surface area contributed by atoms with Crippen molar-refractivity contribution in [1.29, 1.82) is 0 Å². The first-order valence-corrected chi connectivity index (χ1v) is 6.91. The summed E-state index contributed by atoms with van der Waals surface area (Å²) in [5.74, 6) is 0.135. The lowest BCUT2D eigenvalue weighted by atomic mass is 10.2. The summed E-state index contributed by atoms with van der Waals surface area (Å²) in [7, 11) is 0. The lowest BCUT2D eigenvalue weighted by Gasteiger charge is -2.17. The number of aliphatic hydroxyl groups excluding tert-OH is 3. The zero-order valence-electron chi connectivity index (χ0n) is 11.6. The van der Waals surface area contributed by atoms with Gasteiger partial charge in [0, 0.05) is 45.6 Å². The van der Waals surface area contributed by atoms with E-state index in [-0.39, 0.29) is 25.7 Å². The van der Waals surface area contributed by atoms with Gasteiger partial charge in [0.2, 0.25) is 0 Å². The van der Waals surface area contributed by atoms with E-state index in [0.717, 1.165) is 0 Å². The van der Waals surface area contributed by atoms with Crippen LogP contribution < -0.4 is 0 Å². The van der Waals surface area contributed by atoms with E-state index >= 15 is 0 Å². The molecule has 6 heteroatoms. The molecule has 0 aromatic rings. The van der Waals surface area contributed by atoms with Gasteiger partial charge < -0.3 is 29.5 Å². The van der Waals surface area contributed by atoms with Crippen molar-refractivity contribution in [3.8, 4) is 0 Å². The molecule has 0 heterocycles. The van der Waals surface area contributed by atoms with E-state index in [1.165, 1.54) is 0 Å². The second-order valence-corrected chi connectivity index (χ2v) is 4.32. The second kappa shape index (κ2) is 15.8. The molecule has 0 unspecified atom stereocenters. The van der Waals surface area contributed by atoms with E-state index in [2.05, 4.69) is 0 Å². The van der Waals surface area contributed by atoms with Gasteiger partial charge in [0.1, 0.15) is 0 Å². The lowest BCUT2D eigenvalue weighted by Crippen LogP contribution is -2.23. The molecule has 0 radical (unpaired) electrons. The van der Waals surface area contributed by atoms with Crippen LogP contribution in [0.1, 0.15) is 19.3 Å². The summed E-state index contributed by atoms with van der Waals surface area (Å²) >= 11 is 0. The van der Waals surface area contributed by atoms with Crippen molar-refractivity contribution >= 4 is 0 Å². The Morgan fingerprint density at radius 2 is 0.895 bits per heavy atom. The van der Waals surface area contributed by atoms with Crippen LogP contribution >= 0.6 is 0 Å². The second-order valence-electron chi connectivity index (χ2n) is 4.32. The number of aliphatic hydroxyl groups is 3. The molecule has 0 fully saturated rings. The van der Waals surface area contributed by atoms with Gasteiger partial charge in [0.05, 0.1) is 19.8 Å². The maximum absolute atomic E-state index is 8.66. The van der Waals surface area contributed by atoms with Gasteiger partial charge in [-0.3, -0.25) is 0 Å². The summed E-state index contributed by atoms with van der Waals surface area (Å²) in [6.45, 7) is 3.55. The van der Waals surface area contributed by atoms with Gasteiger partial charge in [-0.2, -0.15) is 0 Å². The Labute approximate surface area is 115 Å². The third kappa shape index (κ3) is 14.0. The van der Waals surface area contributed by atoms with Gasteiger partial charge in [-0.25, -0.2) is 0 Å². The minimum Gasteiger partial charge on any atom is -0.396 e. The highest BCUT2D eigenvalue weighted by atomic mass is 16.5. The van der Waals surface area contributed by atoms with Crippen molar-refractivity contribution < 1.29 is 29.5 Å². The zero-order chi connectivity index (χ0) is 14.2. The highest BCUT2D eigenvalue weighted by Crippen LogP contribution is 2.02. The molecule has 0 amide bonds. The predicted octanol–water partition coefficient (Wildman–Crippen LogP) is -0.200. The maximum atomic E-state index is 8.66. The van der Waals surface area contributed by atoms with Gasteiger partial charge >= 0.3 is 0 Å². The van der Waals surface area contributed by atoms with Crippen LogP contribution in [0.25, 0.3) is 0 Å². The summed E-state index contributed by atoms with van der Waals surface area (Å²) in [5.41, 5.74) is 0. The minimum absolute atomic E-state index is 0.130. The standard InChI is InChI=1S/C13H28O6/c14-4-1-7-17-10-13(11-18-8-2-5-15)12-19-9-3-6-16/h13-16H,1-12H2. The molecule has 0 rings (SSSR count). The first-order chi connectivity index (χ1) is 9.35. The van der Waals surface area contributed by atoms with E-state index < -0.39 is 0 Å². The SMILES string of the molecule is OCCCOCC(COCCCO)COCCCO. The average molecular weight is 280 g/mol. The van der Waals surface area contributed by atoms with Crippen LogP contribution in [0.4, 0.5) is 0 Å². The van der Waals surface area contributed by atoms with Crippen molar-refractivity contribution in [2.75, 3.05) is 59.5 Å². The van der Waals surface area contributed by atoms with Gasteiger partial charge in [-0.1, -0.05) is 0 Å². The number of ether oxygens (including phenoxy) is 3. The molecule has 0 aliphatic rings. The van der Waals surface area contributed by atoms with E-state index in [1.54, 1.807) is 0 Å². The highest BCUT2D eigenvalue weighted by molar-refractivity contribution is 4.56. The molecule has 19 heavy (non-hydrogen) atoms. The number of rotatable bonds is 15. The average Bonchev–Trinajstić information content (AvgIpc) is 2.43. The van der Waals surface area contributed by atoms with Crippen LogP contribution in [0.2, 0.25) is 0 Å². The van der Waals surface area contributed by atoms with Crippen LogP contribution in [0.15, 0.2) is 0 Å².